The van der Waals surface area contributed by atoms with Crippen LogP contribution in [0.1, 0.15) is 24.2 Å². The Hall–Kier alpha value is -3.19. The van der Waals surface area contributed by atoms with Crippen LogP contribution in [0, 0.1) is 12.7 Å². The number of aryl methyl sites for hydroxylation is 1. The summed E-state index contributed by atoms with van der Waals surface area (Å²) in [6, 6.07) is 14.5. The largest absolute Gasteiger partial charge is 0.340 e. The van der Waals surface area contributed by atoms with Crippen molar-refractivity contribution in [3.05, 3.63) is 65.7 Å². The van der Waals surface area contributed by atoms with Gasteiger partial charge in [-0.2, -0.15) is 0 Å². The molecule has 6 nitrogen and oxygen atoms in total. The number of imidazole rings is 1. The zero-order valence-corrected chi connectivity index (χ0v) is 17.6. The Labute approximate surface area is 181 Å². The zero-order chi connectivity index (χ0) is 21.4. The number of anilines is 2. The summed E-state index contributed by atoms with van der Waals surface area (Å²) in [7, 11) is 0. The number of aromatic nitrogens is 2. The van der Waals surface area contributed by atoms with Crippen LogP contribution in [0.2, 0.25) is 0 Å². The quantitative estimate of drug-likeness (QED) is 0.675. The van der Waals surface area contributed by atoms with Crippen molar-refractivity contribution in [2.75, 3.05) is 18.4 Å². The average Bonchev–Trinajstić information content (AvgIpc) is 3.44. The third-order valence-electron chi connectivity index (χ3n) is 6.07. The fourth-order valence-corrected chi connectivity index (χ4v) is 4.34. The van der Waals surface area contributed by atoms with Gasteiger partial charge in [-0.3, -0.25) is 4.79 Å². The van der Waals surface area contributed by atoms with Gasteiger partial charge in [0.05, 0.1) is 12.6 Å². The Morgan fingerprint density at radius 2 is 1.90 bits per heavy atom. The number of nitrogens with zero attached hydrogens (tertiary/aromatic N) is 3. The molecule has 0 spiro atoms. The number of nitrogens with one attached hydrogen (secondary N) is 2. The number of carbonyl (C=O) groups is 1. The molecule has 0 saturated carbocycles. The maximum Gasteiger partial charge on any atom is 0.240 e. The van der Waals surface area contributed by atoms with Crippen LogP contribution in [0.15, 0.2) is 48.5 Å². The molecule has 3 heterocycles. The third-order valence-corrected chi connectivity index (χ3v) is 6.07. The van der Waals surface area contributed by atoms with Gasteiger partial charge in [0.15, 0.2) is 0 Å². The number of carbonyl (C=O) groups excluding carboxylic acids is 1. The number of amides is 1. The number of hydrogen-bond donors (Lipinski definition) is 2. The Bertz CT molecular complexity index is 1080. The van der Waals surface area contributed by atoms with Crippen LogP contribution in [0.4, 0.5) is 15.9 Å². The summed E-state index contributed by atoms with van der Waals surface area (Å²) < 4.78 is 15.7. The molecule has 7 heteroatoms. The van der Waals surface area contributed by atoms with Crippen molar-refractivity contribution in [2.45, 2.75) is 38.9 Å². The monoisotopic (exact) mass is 419 g/mol. The molecule has 31 heavy (non-hydrogen) atoms. The van der Waals surface area contributed by atoms with E-state index in [-0.39, 0.29) is 17.8 Å². The molecule has 0 radical (unpaired) electrons. The van der Waals surface area contributed by atoms with Crippen LogP contribution in [0.5, 0.6) is 0 Å². The van der Waals surface area contributed by atoms with Crippen molar-refractivity contribution in [3.63, 3.8) is 0 Å². The van der Waals surface area contributed by atoms with Gasteiger partial charge < -0.3 is 20.1 Å². The van der Waals surface area contributed by atoms with Crippen molar-refractivity contribution >= 4 is 17.4 Å². The summed E-state index contributed by atoms with van der Waals surface area (Å²) in [5.41, 5.74) is 3.76. The summed E-state index contributed by atoms with van der Waals surface area (Å²) in [6.07, 6.45) is 1.93. The first-order valence-corrected chi connectivity index (χ1v) is 10.8. The van der Waals surface area contributed by atoms with Gasteiger partial charge in [-0.05, 0) is 62.7 Å². The maximum absolute atomic E-state index is 13.5. The predicted octanol–water partition coefficient (Wildman–Crippen LogP) is 3.84. The molecule has 1 amide bonds. The molecule has 1 fully saturated rings. The van der Waals surface area contributed by atoms with Crippen LogP contribution in [0.3, 0.4) is 0 Å². The first kappa shape index (κ1) is 19.8. The minimum Gasteiger partial charge on any atom is -0.340 e. The highest BCUT2D eigenvalue weighted by molar-refractivity contribution is 5.82. The zero-order valence-electron chi connectivity index (χ0n) is 17.6. The molecule has 0 bridgehead atoms. The van der Waals surface area contributed by atoms with E-state index in [1.165, 1.54) is 17.7 Å². The molecule has 5 rings (SSSR count). The van der Waals surface area contributed by atoms with Crippen molar-refractivity contribution in [2.24, 2.45) is 0 Å². The van der Waals surface area contributed by atoms with E-state index in [4.69, 9.17) is 4.98 Å². The van der Waals surface area contributed by atoms with Gasteiger partial charge in [-0.25, -0.2) is 9.37 Å². The van der Waals surface area contributed by atoms with Gasteiger partial charge in [-0.1, -0.05) is 17.7 Å². The molecular formula is C24H26FN5O. The topological polar surface area (TPSA) is 62.2 Å². The van der Waals surface area contributed by atoms with Crippen molar-refractivity contribution in [1.82, 2.24) is 19.8 Å². The first-order valence-electron chi connectivity index (χ1n) is 10.8. The van der Waals surface area contributed by atoms with E-state index >= 15 is 0 Å². The smallest absolute Gasteiger partial charge is 0.240 e. The SMILES string of the molecule is Cc1ccc(Nc2c(-c3ccc(F)cc3)nc3n2CCN(C(=O)[C@H]2CCCN2)C3)cc1. The molecule has 0 unspecified atom stereocenters. The van der Waals surface area contributed by atoms with Gasteiger partial charge >= 0.3 is 0 Å². The average molecular weight is 420 g/mol. The lowest BCUT2D eigenvalue weighted by atomic mass is 10.1. The van der Waals surface area contributed by atoms with E-state index < -0.39 is 0 Å². The molecular weight excluding hydrogens is 393 g/mol. The summed E-state index contributed by atoms with van der Waals surface area (Å²) in [4.78, 5) is 19.7. The number of hydrogen-bond acceptors (Lipinski definition) is 4. The summed E-state index contributed by atoms with van der Waals surface area (Å²) in [5.74, 6) is 1.59. The normalized spacial score (nSPS) is 18.1. The molecule has 0 aliphatic carbocycles. The van der Waals surface area contributed by atoms with Crippen molar-refractivity contribution in [3.8, 4) is 11.3 Å². The Kier molecular flexibility index (Phi) is 5.19. The van der Waals surface area contributed by atoms with E-state index in [0.717, 1.165) is 48.0 Å². The fraction of sp³-hybridized carbons (Fsp3) is 0.333. The van der Waals surface area contributed by atoms with Gasteiger partial charge in [0, 0.05) is 24.3 Å². The van der Waals surface area contributed by atoms with E-state index in [1.807, 2.05) is 17.0 Å². The lowest BCUT2D eigenvalue weighted by Gasteiger charge is -2.30. The molecule has 160 valence electrons. The Balaban J connectivity index is 1.49. The van der Waals surface area contributed by atoms with E-state index in [1.54, 1.807) is 12.1 Å². The van der Waals surface area contributed by atoms with Crippen molar-refractivity contribution < 1.29 is 9.18 Å². The van der Waals surface area contributed by atoms with E-state index in [9.17, 15) is 9.18 Å². The number of benzene rings is 2. The van der Waals surface area contributed by atoms with Crippen LogP contribution in [-0.2, 0) is 17.9 Å². The molecule has 2 aliphatic rings. The van der Waals surface area contributed by atoms with Gasteiger partial charge in [-0.15, -0.1) is 0 Å². The second-order valence-electron chi connectivity index (χ2n) is 8.28. The van der Waals surface area contributed by atoms with Crippen LogP contribution < -0.4 is 10.6 Å². The number of halogens is 1. The second-order valence-corrected chi connectivity index (χ2v) is 8.28. The summed E-state index contributed by atoms with van der Waals surface area (Å²) in [5, 5.41) is 6.81. The molecule has 1 aromatic heterocycles. The second kappa shape index (κ2) is 8.15. The standard InChI is InChI=1S/C24H26FN5O/c1-16-4-10-19(11-5-16)27-23-22(17-6-8-18(25)9-7-17)28-21-15-29(13-14-30(21)23)24(31)20-3-2-12-26-20/h4-11,20,26-27H,2-3,12-15H2,1H3/t20-/m1/s1. The highest BCUT2D eigenvalue weighted by Crippen LogP contribution is 2.33. The highest BCUT2D eigenvalue weighted by Gasteiger charge is 2.31. The molecule has 3 aromatic rings. The maximum atomic E-state index is 13.5. The lowest BCUT2D eigenvalue weighted by Crippen LogP contribution is -2.46. The van der Waals surface area contributed by atoms with Crippen molar-refractivity contribution in [1.29, 1.82) is 0 Å². The van der Waals surface area contributed by atoms with Gasteiger partial charge in [0.2, 0.25) is 5.91 Å². The molecule has 2 aliphatic heterocycles. The summed E-state index contributed by atoms with van der Waals surface area (Å²) in [6.45, 7) is 4.74. The predicted molar refractivity (Wildman–Crippen MR) is 119 cm³/mol. The number of rotatable bonds is 4. The van der Waals surface area contributed by atoms with Crippen LogP contribution in [0.25, 0.3) is 11.3 Å². The highest BCUT2D eigenvalue weighted by atomic mass is 19.1. The summed E-state index contributed by atoms with van der Waals surface area (Å²) >= 11 is 0. The fourth-order valence-electron chi connectivity index (χ4n) is 4.34. The van der Waals surface area contributed by atoms with Gasteiger partial charge in [0.25, 0.3) is 0 Å². The van der Waals surface area contributed by atoms with Crippen LogP contribution in [-0.4, -0.2) is 39.5 Å². The minimum atomic E-state index is -0.276. The first-order chi connectivity index (χ1) is 15.1. The van der Waals surface area contributed by atoms with E-state index in [0.29, 0.717) is 19.6 Å². The minimum absolute atomic E-state index is 0.0803. The molecule has 1 saturated heterocycles. The van der Waals surface area contributed by atoms with Crippen LogP contribution >= 0.6 is 0 Å². The Morgan fingerprint density at radius 1 is 1.13 bits per heavy atom. The van der Waals surface area contributed by atoms with E-state index in [2.05, 4.69) is 34.3 Å². The number of fused-ring (bicyclic) bond motifs is 1. The van der Waals surface area contributed by atoms with Gasteiger partial charge in [0.1, 0.15) is 23.2 Å². The third kappa shape index (κ3) is 3.93. The molecule has 2 aromatic carbocycles. The molecule has 1 atom stereocenters. The lowest BCUT2D eigenvalue weighted by molar-refractivity contribution is -0.134. The molecule has 2 N–H and O–H groups in total. The Morgan fingerprint density at radius 3 is 2.61 bits per heavy atom.